The number of hydrogen-bond acceptors (Lipinski definition) is 2. The first-order valence-corrected chi connectivity index (χ1v) is 7.00. The van der Waals surface area contributed by atoms with Crippen molar-refractivity contribution in [2.75, 3.05) is 11.9 Å². The molecule has 0 unspecified atom stereocenters. The third-order valence-corrected chi connectivity index (χ3v) is 3.27. The van der Waals surface area contributed by atoms with Crippen LogP contribution in [-0.4, -0.2) is 18.4 Å². The van der Waals surface area contributed by atoms with Crippen LogP contribution in [0.2, 0.25) is 10.0 Å². The van der Waals surface area contributed by atoms with Gasteiger partial charge in [0.05, 0.1) is 17.3 Å². The molecule has 4 nitrogen and oxygen atoms in total. The molecule has 0 aliphatic carbocycles. The Bertz CT molecular complexity index is 705. The Morgan fingerprint density at radius 2 is 1.73 bits per heavy atom. The van der Waals surface area contributed by atoms with E-state index in [0.29, 0.717) is 15.7 Å². The van der Waals surface area contributed by atoms with Gasteiger partial charge in [0.1, 0.15) is 5.82 Å². The number of halogens is 3. The van der Waals surface area contributed by atoms with Gasteiger partial charge in [0.25, 0.3) is 5.91 Å². The Morgan fingerprint density at radius 3 is 2.36 bits per heavy atom. The van der Waals surface area contributed by atoms with Gasteiger partial charge in [-0.25, -0.2) is 4.39 Å². The third-order valence-electron chi connectivity index (χ3n) is 2.72. The summed E-state index contributed by atoms with van der Waals surface area (Å²) in [5.41, 5.74) is 0.658. The summed E-state index contributed by atoms with van der Waals surface area (Å²) >= 11 is 11.7. The van der Waals surface area contributed by atoms with Crippen molar-refractivity contribution in [2.24, 2.45) is 0 Å². The van der Waals surface area contributed by atoms with Crippen LogP contribution < -0.4 is 10.6 Å². The molecule has 0 saturated carbocycles. The normalized spacial score (nSPS) is 10.1. The van der Waals surface area contributed by atoms with Gasteiger partial charge >= 0.3 is 0 Å². The summed E-state index contributed by atoms with van der Waals surface area (Å²) in [6.07, 6.45) is 0. The summed E-state index contributed by atoms with van der Waals surface area (Å²) in [5, 5.41) is 5.72. The number of hydrogen-bond donors (Lipinski definition) is 2. The number of rotatable bonds is 4. The molecule has 0 bridgehead atoms. The van der Waals surface area contributed by atoms with E-state index in [1.807, 2.05) is 0 Å². The van der Waals surface area contributed by atoms with Crippen molar-refractivity contribution >= 4 is 40.7 Å². The monoisotopic (exact) mass is 340 g/mol. The first kappa shape index (κ1) is 16.3. The fourth-order valence-electron chi connectivity index (χ4n) is 1.65. The molecule has 2 aromatic rings. The SMILES string of the molecule is O=C(CNC(=O)c1ccc(F)cc1)Nc1ccc(Cl)cc1Cl. The lowest BCUT2D eigenvalue weighted by Gasteiger charge is -2.08. The molecule has 0 atom stereocenters. The molecular weight excluding hydrogens is 330 g/mol. The number of benzene rings is 2. The van der Waals surface area contributed by atoms with Crippen molar-refractivity contribution < 1.29 is 14.0 Å². The summed E-state index contributed by atoms with van der Waals surface area (Å²) < 4.78 is 12.8. The van der Waals surface area contributed by atoms with Gasteiger partial charge in [0.2, 0.25) is 5.91 Å². The topological polar surface area (TPSA) is 58.2 Å². The number of carbonyl (C=O) groups excluding carboxylic acids is 2. The van der Waals surface area contributed by atoms with Crippen LogP contribution in [0.5, 0.6) is 0 Å². The highest BCUT2D eigenvalue weighted by molar-refractivity contribution is 6.36. The lowest BCUT2D eigenvalue weighted by molar-refractivity contribution is -0.115. The summed E-state index contributed by atoms with van der Waals surface area (Å²) in [6.45, 7) is -0.241. The molecule has 2 aromatic carbocycles. The lowest BCUT2D eigenvalue weighted by atomic mass is 10.2. The van der Waals surface area contributed by atoms with Gasteiger partial charge in [-0.2, -0.15) is 0 Å². The van der Waals surface area contributed by atoms with E-state index in [1.165, 1.54) is 30.3 Å². The van der Waals surface area contributed by atoms with E-state index < -0.39 is 17.6 Å². The molecule has 0 aromatic heterocycles. The zero-order valence-corrected chi connectivity index (χ0v) is 12.7. The van der Waals surface area contributed by atoms with E-state index >= 15 is 0 Å². The molecule has 114 valence electrons. The van der Waals surface area contributed by atoms with Crippen molar-refractivity contribution in [1.29, 1.82) is 0 Å². The Kier molecular flexibility index (Phi) is 5.35. The molecule has 2 N–H and O–H groups in total. The predicted molar refractivity (Wildman–Crippen MR) is 83.8 cm³/mol. The number of carbonyl (C=O) groups is 2. The second-order valence-electron chi connectivity index (χ2n) is 4.36. The van der Waals surface area contributed by atoms with Crippen LogP contribution in [0.1, 0.15) is 10.4 Å². The molecule has 0 fully saturated rings. The molecule has 22 heavy (non-hydrogen) atoms. The maximum absolute atomic E-state index is 12.8. The smallest absolute Gasteiger partial charge is 0.251 e. The van der Waals surface area contributed by atoms with E-state index in [1.54, 1.807) is 12.1 Å². The second kappa shape index (κ2) is 7.24. The van der Waals surface area contributed by atoms with Gasteiger partial charge in [-0.05, 0) is 42.5 Å². The van der Waals surface area contributed by atoms with Crippen LogP contribution in [0, 0.1) is 5.82 Å². The van der Waals surface area contributed by atoms with Gasteiger partial charge in [-0.3, -0.25) is 9.59 Å². The molecule has 0 radical (unpaired) electrons. The maximum atomic E-state index is 12.8. The lowest BCUT2D eigenvalue weighted by Crippen LogP contribution is -2.32. The van der Waals surface area contributed by atoms with Crippen LogP contribution >= 0.6 is 23.2 Å². The largest absolute Gasteiger partial charge is 0.343 e. The molecule has 0 spiro atoms. The maximum Gasteiger partial charge on any atom is 0.251 e. The minimum atomic E-state index is -0.475. The van der Waals surface area contributed by atoms with E-state index in [9.17, 15) is 14.0 Å². The van der Waals surface area contributed by atoms with E-state index in [0.717, 1.165) is 0 Å². The van der Waals surface area contributed by atoms with E-state index in [2.05, 4.69) is 10.6 Å². The van der Waals surface area contributed by atoms with Crippen LogP contribution in [-0.2, 0) is 4.79 Å². The fraction of sp³-hybridized carbons (Fsp3) is 0.0667. The highest BCUT2D eigenvalue weighted by atomic mass is 35.5. The molecule has 2 amide bonds. The summed E-state index contributed by atoms with van der Waals surface area (Å²) in [7, 11) is 0. The van der Waals surface area contributed by atoms with Crippen LogP contribution in [0.4, 0.5) is 10.1 Å². The highest BCUT2D eigenvalue weighted by Gasteiger charge is 2.10. The zero-order valence-electron chi connectivity index (χ0n) is 11.2. The van der Waals surface area contributed by atoms with Crippen molar-refractivity contribution in [3.05, 3.63) is 63.9 Å². The number of amides is 2. The molecule has 0 aliphatic heterocycles. The predicted octanol–water partition coefficient (Wildman–Crippen LogP) is 3.50. The average Bonchev–Trinajstić information content (AvgIpc) is 2.48. The number of anilines is 1. The van der Waals surface area contributed by atoms with Gasteiger partial charge in [0, 0.05) is 10.6 Å². The summed E-state index contributed by atoms with van der Waals surface area (Å²) in [4.78, 5) is 23.5. The van der Waals surface area contributed by atoms with Crippen molar-refractivity contribution in [3.63, 3.8) is 0 Å². The minimum absolute atomic E-state index is 0.241. The number of nitrogens with one attached hydrogen (secondary N) is 2. The Labute approximate surface area is 136 Å². The van der Waals surface area contributed by atoms with E-state index in [4.69, 9.17) is 23.2 Å². The van der Waals surface area contributed by atoms with Crippen LogP contribution in [0.3, 0.4) is 0 Å². The standard InChI is InChI=1S/C15H11Cl2FN2O2/c16-10-3-6-13(12(17)7-10)20-14(21)8-19-15(22)9-1-4-11(18)5-2-9/h1-7H,8H2,(H,19,22)(H,20,21). The fourth-order valence-corrected chi connectivity index (χ4v) is 2.10. The Balaban J connectivity index is 1.89. The van der Waals surface area contributed by atoms with Gasteiger partial charge in [-0.15, -0.1) is 0 Å². The third kappa shape index (κ3) is 4.44. The van der Waals surface area contributed by atoms with Crippen molar-refractivity contribution in [1.82, 2.24) is 5.32 Å². The van der Waals surface area contributed by atoms with Crippen LogP contribution in [0.15, 0.2) is 42.5 Å². The molecular formula is C15H11Cl2FN2O2. The zero-order chi connectivity index (χ0) is 16.1. The highest BCUT2D eigenvalue weighted by Crippen LogP contribution is 2.25. The molecule has 2 rings (SSSR count). The minimum Gasteiger partial charge on any atom is -0.343 e. The molecule has 0 saturated heterocycles. The van der Waals surface area contributed by atoms with E-state index in [-0.39, 0.29) is 12.1 Å². The Morgan fingerprint density at radius 1 is 1.05 bits per heavy atom. The van der Waals surface area contributed by atoms with Gasteiger partial charge in [-0.1, -0.05) is 23.2 Å². The molecule has 0 heterocycles. The van der Waals surface area contributed by atoms with Crippen molar-refractivity contribution in [2.45, 2.75) is 0 Å². The second-order valence-corrected chi connectivity index (χ2v) is 5.21. The quantitative estimate of drug-likeness (QED) is 0.894. The summed E-state index contributed by atoms with van der Waals surface area (Å²) in [5.74, 6) is -1.36. The average molecular weight is 341 g/mol. The van der Waals surface area contributed by atoms with Crippen molar-refractivity contribution in [3.8, 4) is 0 Å². The molecule has 0 aliphatic rings. The first-order valence-electron chi connectivity index (χ1n) is 6.24. The van der Waals surface area contributed by atoms with Gasteiger partial charge < -0.3 is 10.6 Å². The summed E-state index contributed by atoms with van der Waals surface area (Å²) in [6, 6.07) is 9.64. The Hall–Kier alpha value is -2.11. The van der Waals surface area contributed by atoms with Gasteiger partial charge in [0.15, 0.2) is 0 Å². The first-order chi connectivity index (χ1) is 10.5. The van der Waals surface area contributed by atoms with Crippen LogP contribution in [0.25, 0.3) is 0 Å². The molecule has 7 heteroatoms.